The molecular weight excluding hydrogens is 194 g/mol. The average molecular weight is 211 g/mol. The Morgan fingerprint density at radius 3 is 2.13 bits per heavy atom. The molecule has 1 aromatic rings. The van der Waals surface area contributed by atoms with Crippen molar-refractivity contribution < 1.29 is 9.47 Å². The fourth-order valence-corrected chi connectivity index (χ4v) is 1.19. The molecule has 15 heavy (non-hydrogen) atoms. The Bertz CT molecular complexity index is 293. The lowest BCUT2D eigenvalue weighted by atomic mass is 10.3. The lowest BCUT2D eigenvalue weighted by Gasteiger charge is -2.13. The third kappa shape index (κ3) is 3.06. The lowest BCUT2D eigenvalue weighted by molar-refractivity contribution is 0.358. The summed E-state index contributed by atoms with van der Waals surface area (Å²) in [5.74, 6) is 1.10. The fourth-order valence-electron chi connectivity index (χ4n) is 1.19. The first-order valence-electron chi connectivity index (χ1n) is 4.84. The van der Waals surface area contributed by atoms with Crippen LogP contribution in [-0.4, -0.2) is 30.2 Å². The van der Waals surface area contributed by atoms with Crippen LogP contribution < -0.4 is 14.8 Å². The summed E-state index contributed by atoms with van der Waals surface area (Å²) in [4.78, 5) is 8.06. The predicted molar refractivity (Wildman–Crippen MR) is 57.1 cm³/mol. The first kappa shape index (κ1) is 11.7. The molecule has 0 aliphatic rings. The average Bonchev–Trinajstić information content (AvgIpc) is 2.25. The van der Waals surface area contributed by atoms with Gasteiger partial charge in [0.25, 0.3) is 0 Å². The minimum Gasteiger partial charge on any atom is -0.481 e. The van der Waals surface area contributed by atoms with Gasteiger partial charge in [-0.15, -0.1) is 0 Å². The van der Waals surface area contributed by atoms with Crippen molar-refractivity contribution in [1.29, 1.82) is 0 Å². The first-order valence-corrected chi connectivity index (χ1v) is 4.84. The molecule has 0 unspecified atom stereocenters. The van der Waals surface area contributed by atoms with Gasteiger partial charge in [0.15, 0.2) is 0 Å². The molecule has 1 aromatic heterocycles. The summed E-state index contributed by atoms with van der Waals surface area (Å²) < 4.78 is 10.3. The Morgan fingerprint density at radius 2 is 1.73 bits per heavy atom. The predicted octanol–water partition coefficient (Wildman–Crippen LogP) is 0.992. The van der Waals surface area contributed by atoms with E-state index in [0.717, 1.165) is 5.56 Å². The van der Waals surface area contributed by atoms with Crippen LogP contribution in [-0.2, 0) is 6.54 Å². The van der Waals surface area contributed by atoms with Crippen molar-refractivity contribution in [1.82, 2.24) is 15.3 Å². The van der Waals surface area contributed by atoms with Crippen LogP contribution in [0.3, 0.4) is 0 Å². The Balaban J connectivity index is 2.89. The molecule has 0 aliphatic heterocycles. The maximum atomic E-state index is 5.15. The van der Waals surface area contributed by atoms with Gasteiger partial charge >= 0.3 is 0 Å². The molecule has 1 N–H and O–H groups in total. The van der Waals surface area contributed by atoms with E-state index in [2.05, 4.69) is 29.1 Å². The van der Waals surface area contributed by atoms with Crippen LogP contribution in [0.1, 0.15) is 19.4 Å². The number of hydrogen-bond acceptors (Lipinski definition) is 5. The molecule has 0 bridgehead atoms. The summed E-state index contributed by atoms with van der Waals surface area (Å²) >= 11 is 0. The van der Waals surface area contributed by atoms with E-state index in [1.165, 1.54) is 6.33 Å². The number of aromatic nitrogens is 2. The molecule has 5 nitrogen and oxygen atoms in total. The SMILES string of the molecule is COc1ncnc(OC)c1CNC(C)C. The molecule has 0 aromatic carbocycles. The van der Waals surface area contributed by atoms with Gasteiger partial charge in [-0.25, -0.2) is 9.97 Å². The van der Waals surface area contributed by atoms with E-state index in [-0.39, 0.29) is 0 Å². The molecule has 1 rings (SSSR count). The zero-order valence-corrected chi connectivity index (χ0v) is 9.57. The fraction of sp³-hybridized carbons (Fsp3) is 0.600. The van der Waals surface area contributed by atoms with Crippen LogP contribution in [0.25, 0.3) is 0 Å². The minimum absolute atomic E-state index is 0.389. The van der Waals surface area contributed by atoms with Crippen molar-refractivity contribution in [3.8, 4) is 11.8 Å². The monoisotopic (exact) mass is 211 g/mol. The third-order valence-corrected chi connectivity index (χ3v) is 1.94. The van der Waals surface area contributed by atoms with Gasteiger partial charge in [0.1, 0.15) is 6.33 Å². The van der Waals surface area contributed by atoms with Crippen LogP contribution in [0.4, 0.5) is 0 Å². The molecule has 5 heteroatoms. The summed E-state index contributed by atoms with van der Waals surface area (Å²) in [5.41, 5.74) is 0.844. The van der Waals surface area contributed by atoms with E-state index in [4.69, 9.17) is 9.47 Å². The van der Waals surface area contributed by atoms with Crippen molar-refractivity contribution in [2.75, 3.05) is 14.2 Å². The van der Waals surface area contributed by atoms with E-state index in [1.807, 2.05) is 0 Å². The molecule has 0 amide bonds. The van der Waals surface area contributed by atoms with Crippen LogP contribution in [0.15, 0.2) is 6.33 Å². The number of ether oxygens (including phenoxy) is 2. The standard InChI is InChI=1S/C10H17N3O2/c1-7(2)11-5-8-9(14-3)12-6-13-10(8)15-4/h6-7,11H,5H2,1-4H3. The normalized spacial score (nSPS) is 10.5. The Hall–Kier alpha value is -1.36. The van der Waals surface area contributed by atoms with E-state index in [1.54, 1.807) is 14.2 Å². The molecule has 0 spiro atoms. The van der Waals surface area contributed by atoms with Gasteiger partial charge < -0.3 is 14.8 Å². The van der Waals surface area contributed by atoms with Crippen LogP contribution in [0.2, 0.25) is 0 Å². The number of methoxy groups -OCH3 is 2. The zero-order valence-electron chi connectivity index (χ0n) is 9.57. The number of rotatable bonds is 5. The molecule has 0 saturated carbocycles. The lowest BCUT2D eigenvalue weighted by Crippen LogP contribution is -2.23. The maximum Gasteiger partial charge on any atom is 0.224 e. The molecular formula is C10H17N3O2. The van der Waals surface area contributed by atoms with Gasteiger partial charge in [0.05, 0.1) is 19.8 Å². The van der Waals surface area contributed by atoms with E-state index >= 15 is 0 Å². The van der Waals surface area contributed by atoms with Crippen molar-refractivity contribution in [2.24, 2.45) is 0 Å². The van der Waals surface area contributed by atoms with Gasteiger partial charge in [0, 0.05) is 12.6 Å². The highest BCUT2D eigenvalue weighted by atomic mass is 16.5. The second-order valence-corrected chi connectivity index (χ2v) is 3.41. The molecule has 0 aliphatic carbocycles. The molecule has 1 heterocycles. The summed E-state index contributed by atoms with van der Waals surface area (Å²) in [7, 11) is 3.17. The van der Waals surface area contributed by atoms with Gasteiger partial charge in [0.2, 0.25) is 11.8 Å². The summed E-state index contributed by atoms with van der Waals surface area (Å²) in [6.07, 6.45) is 1.43. The highest BCUT2D eigenvalue weighted by Crippen LogP contribution is 2.22. The Morgan fingerprint density at radius 1 is 1.20 bits per heavy atom. The number of nitrogens with zero attached hydrogens (tertiary/aromatic N) is 2. The summed E-state index contributed by atoms with van der Waals surface area (Å²) in [5, 5.41) is 3.27. The Labute approximate surface area is 89.8 Å². The maximum absolute atomic E-state index is 5.15. The quantitative estimate of drug-likeness (QED) is 0.787. The van der Waals surface area contributed by atoms with E-state index in [9.17, 15) is 0 Å². The number of hydrogen-bond donors (Lipinski definition) is 1. The largest absolute Gasteiger partial charge is 0.481 e. The van der Waals surface area contributed by atoms with Crippen molar-refractivity contribution in [3.63, 3.8) is 0 Å². The van der Waals surface area contributed by atoms with E-state index in [0.29, 0.717) is 24.3 Å². The van der Waals surface area contributed by atoms with Gasteiger partial charge in [-0.2, -0.15) is 0 Å². The zero-order chi connectivity index (χ0) is 11.3. The van der Waals surface area contributed by atoms with Crippen LogP contribution in [0.5, 0.6) is 11.8 Å². The van der Waals surface area contributed by atoms with Crippen LogP contribution >= 0.6 is 0 Å². The van der Waals surface area contributed by atoms with Crippen molar-refractivity contribution in [3.05, 3.63) is 11.9 Å². The molecule has 0 saturated heterocycles. The van der Waals surface area contributed by atoms with Crippen molar-refractivity contribution in [2.45, 2.75) is 26.4 Å². The second kappa shape index (κ2) is 5.50. The second-order valence-electron chi connectivity index (χ2n) is 3.41. The van der Waals surface area contributed by atoms with Gasteiger partial charge in [-0.3, -0.25) is 0 Å². The highest BCUT2D eigenvalue weighted by molar-refractivity contribution is 5.34. The highest BCUT2D eigenvalue weighted by Gasteiger charge is 2.12. The van der Waals surface area contributed by atoms with Gasteiger partial charge in [-0.05, 0) is 0 Å². The van der Waals surface area contributed by atoms with E-state index < -0.39 is 0 Å². The number of nitrogens with one attached hydrogen (secondary N) is 1. The summed E-state index contributed by atoms with van der Waals surface area (Å²) in [6.45, 7) is 4.77. The van der Waals surface area contributed by atoms with Crippen molar-refractivity contribution >= 4 is 0 Å². The first-order chi connectivity index (χ1) is 7.19. The smallest absolute Gasteiger partial charge is 0.224 e. The molecule has 0 atom stereocenters. The van der Waals surface area contributed by atoms with Gasteiger partial charge in [-0.1, -0.05) is 13.8 Å². The molecule has 0 fully saturated rings. The van der Waals surface area contributed by atoms with Crippen LogP contribution in [0, 0.1) is 0 Å². The Kier molecular flexibility index (Phi) is 4.30. The molecule has 0 radical (unpaired) electrons. The topological polar surface area (TPSA) is 56.3 Å². The third-order valence-electron chi connectivity index (χ3n) is 1.94. The molecule has 84 valence electrons. The summed E-state index contributed by atoms with van der Waals surface area (Å²) in [6, 6.07) is 0.389. The minimum atomic E-state index is 0.389.